The van der Waals surface area contributed by atoms with Crippen molar-refractivity contribution in [3.8, 4) is 5.69 Å². The van der Waals surface area contributed by atoms with Gasteiger partial charge in [0.1, 0.15) is 15.7 Å². The highest BCUT2D eigenvalue weighted by Crippen LogP contribution is 2.27. The van der Waals surface area contributed by atoms with E-state index in [4.69, 9.17) is 15.7 Å². The molecule has 0 saturated carbocycles. The van der Waals surface area contributed by atoms with Crippen molar-refractivity contribution in [3.05, 3.63) is 36.4 Å². The van der Waals surface area contributed by atoms with E-state index in [1.807, 2.05) is 12.3 Å². The van der Waals surface area contributed by atoms with Gasteiger partial charge in [0.05, 0.1) is 35.0 Å². The summed E-state index contributed by atoms with van der Waals surface area (Å²) in [7, 11) is 11.3. The fraction of sp³-hybridized carbons (Fsp3) is 0.400. The number of carbonyl (C=O) groups excluding carboxylic acids is 1. The number of aryl methyl sites for hydroxylation is 1. The van der Waals surface area contributed by atoms with Crippen LogP contribution in [-0.4, -0.2) is 59.0 Å². The average molecular weight is 340 g/mol. The summed E-state index contributed by atoms with van der Waals surface area (Å²) in [5.74, 6) is -0.147. The number of carbonyl (C=O) groups is 1. The van der Waals surface area contributed by atoms with Gasteiger partial charge in [0.15, 0.2) is 0 Å². The molecule has 4 radical (unpaired) electrons. The molecule has 0 aliphatic rings. The van der Waals surface area contributed by atoms with Crippen molar-refractivity contribution >= 4 is 39.0 Å². The number of nitrogens with zero attached hydrogens (tertiary/aromatic N) is 4. The van der Waals surface area contributed by atoms with E-state index in [2.05, 4.69) is 10.1 Å². The third-order valence-electron chi connectivity index (χ3n) is 3.44. The Hall–Kier alpha value is -1.73. The van der Waals surface area contributed by atoms with Crippen molar-refractivity contribution in [2.24, 2.45) is 5.92 Å². The van der Waals surface area contributed by atoms with Crippen molar-refractivity contribution in [1.82, 2.24) is 14.8 Å². The van der Waals surface area contributed by atoms with Gasteiger partial charge in [-0.1, -0.05) is 6.92 Å². The van der Waals surface area contributed by atoms with Crippen LogP contribution in [0.25, 0.3) is 5.69 Å². The fourth-order valence-electron chi connectivity index (χ4n) is 2.32. The van der Waals surface area contributed by atoms with E-state index >= 15 is 0 Å². The zero-order valence-electron chi connectivity index (χ0n) is 13.9. The molecule has 0 aromatic carbocycles. The number of amides is 1. The van der Waals surface area contributed by atoms with Crippen LogP contribution in [0.4, 0.5) is 5.69 Å². The summed E-state index contributed by atoms with van der Waals surface area (Å²) >= 11 is 1.53. The number of thioether (sulfide) groups is 1. The first kappa shape index (κ1) is 18.6. The number of hydrogen-bond donors (Lipinski definition) is 1. The summed E-state index contributed by atoms with van der Waals surface area (Å²) in [4.78, 5) is 17.7. The maximum absolute atomic E-state index is 12.7. The van der Waals surface area contributed by atoms with Crippen LogP contribution in [0.15, 0.2) is 30.7 Å². The number of anilines is 1. The van der Waals surface area contributed by atoms with Gasteiger partial charge in [0, 0.05) is 17.9 Å². The van der Waals surface area contributed by atoms with Gasteiger partial charge in [-0.2, -0.15) is 16.9 Å². The molecule has 0 saturated heterocycles. The Balaban J connectivity index is 2.45. The van der Waals surface area contributed by atoms with Gasteiger partial charge in [0.25, 0.3) is 0 Å². The summed E-state index contributed by atoms with van der Waals surface area (Å²) < 4.78 is 1.56. The van der Waals surface area contributed by atoms with E-state index in [1.165, 1.54) is 11.8 Å². The summed E-state index contributed by atoms with van der Waals surface area (Å²) in [5.41, 5.74) is -0.742. The topological polar surface area (TPSA) is 71.2 Å². The van der Waals surface area contributed by atoms with Gasteiger partial charge in [-0.05, 0) is 25.3 Å². The molecule has 1 N–H and O–H groups in total. The van der Waals surface area contributed by atoms with E-state index in [9.17, 15) is 9.90 Å². The largest absolute Gasteiger partial charge is 0.389 e. The number of aliphatic hydroxyl groups is 1. The van der Waals surface area contributed by atoms with Crippen molar-refractivity contribution in [3.63, 3.8) is 0 Å². The maximum Gasteiger partial charge on any atom is 0.231 e. The molecule has 0 spiro atoms. The standard InChI is InChI=1S/C15H18B2N4O2S/c1-10(9-24-3)14(22)21(15(16,17)23)13-8-20(19-11(13)2)12-5-4-6-18-7-12/h4-8,10,23H,9H2,1-3H3. The summed E-state index contributed by atoms with van der Waals surface area (Å²) in [6, 6.07) is 3.60. The summed E-state index contributed by atoms with van der Waals surface area (Å²) in [5, 5.41) is 14.5. The Kier molecular flexibility index (Phi) is 5.77. The van der Waals surface area contributed by atoms with E-state index in [-0.39, 0.29) is 11.8 Å². The molecule has 122 valence electrons. The van der Waals surface area contributed by atoms with E-state index in [0.717, 1.165) is 4.90 Å². The van der Waals surface area contributed by atoms with E-state index in [0.29, 0.717) is 22.8 Å². The van der Waals surface area contributed by atoms with Crippen LogP contribution in [0.2, 0.25) is 0 Å². The SMILES string of the molecule is [B]C([B])(O)N(C(=O)C(C)CSC)c1cn(-c2cccnc2)nc1C. The van der Waals surface area contributed by atoms with Crippen LogP contribution in [0.3, 0.4) is 0 Å². The Bertz CT molecular complexity index is 703. The van der Waals surface area contributed by atoms with Crippen LogP contribution in [-0.2, 0) is 4.79 Å². The minimum Gasteiger partial charge on any atom is -0.389 e. The second-order valence-electron chi connectivity index (χ2n) is 5.57. The van der Waals surface area contributed by atoms with Gasteiger partial charge in [-0.15, -0.1) is 0 Å². The molecule has 1 unspecified atom stereocenters. The first-order valence-electron chi connectivity index (χ1n) is 7.35. The molecule has 9 heteroatoms. The molecule has 2 aromatic rings. The number of pyridine rings is 1. The number of hydrogen-bond acceptors (Lipinski definition) is 5. The molecule has 0 bridgehead atoms. The van der Waals surface area contributed by atoms with Crippen molar-refractivity contribution < 1.29 is 9.90 Å². The first-order valence-corrected chi connectivity index (χ1v) is 8.75. The van der Waals surface area contributed by atoms with Crippen LogP contribution in [0.5, 0.6) is 0 Å². The van der Waals surface area contributed by atoms with Crippen LogP contribution in [0.1, 0.15) is 12.6 Å². The lowest BCUT2D eigenvalue weighted by atomic mass is 9.71. The zero-order chi connectivity index (χ0) is 17.9. The molecule has 0 aliphatic heterocycles. The van der Waals surface area contributed by atoms with Gasteiger partial charge >= 0.3 is 0 Å². The van der Waals surface area contributed by atoms with Crippen LogP contribution < -0.4 is 4.90 Å². The second-order valence-corrected chi connectivity index (χ2v) is 6.48. The molecule has 24 heavy (non-hydrogen) atoms. The number of rotatable bonds is 6. The second kappa shape index (κ2) is 7.44. The Morgan fingerprint density at radius 3 is 2.79 bits per heavy atom. The van der Waals surface area contributed by atoms with Crippen LogP contribution in [0, 0.1) is 12.8 Å². The smallest absolute Gasteiger partial charge is 0.231 e. The predicted octanol–water partition coefficient (Wildman–Crippen LogP) is 0.848. The molecule has 2 aromatic heterocycles. The third kappa shape index (κ3) is 4.02. The third-order valence-corrected chi connectivity index (χ3v) is 4.27. The van der Waals surface area contributed by atoms with E-state index in [1.54, 1.807) is 43.2 Å². The van der Waals surface area contributed by atoms with Crippen molar-refractivity contribution in [2.45, 2.75) is 19.4 Å². The van der Waals surface area contributed by atoms with Gasteiger partial charge in [-0.25, -0.2) is 4.68 Å². The predicted molar refractivity (Wildman–Crippen MR) is 97.6 cm³/mol. The molecule has 6 nitrogen and oxygen atoms in total. The highest BCUT2D eigenvalue weighted by Gasteiger charge is 2.33. The fourth-order valence-corrected chi connectivity index (χ4v) is 2.96. The summed E-state index contributed by atoms with van der Waals surface area (Å²) in [6.07, 6.45) is 6.78. The van der Waals surface area contributed by atoms with Crippen molar-refractivity contribution in [2.75, 3.05) is 16.9 Å². The Morgan fingerprint density at radius 1 is 1.54 bits per heavy atom. The van der Waals surface area contributed by atoms with Gasteiger partial charge < -0.3 is 5.11 Å². The minimum absolute atomic E-state index is 0.351. The molecular formula is C15H18B2N4O2S. The maximum atomic E-state index is 12.7. The van der Waals surface area contributed by atoms with Crippen LogP contribution >= 0.6 is 11.8 Å². The molecule has 1 atom stereocenters. The minimum atomic E-state index is -2.32. The highest BCUT2D eigenvalue weighted by atomic mass is 32.2. The normalized spacial score (nSPS) is 12.8. The number of aromatic nitrogens is 3. The molecular weight excluding hydrogens is 322 g/mol. The van der Waals surface area contributed by atoms with Gasteiger partial charge in [-0.3, -0.25) is 14.7 Å². The molecule has 2 heterocycles. The summed E-state index contributed by atoms with van der Waals surface area (Å²) in [6.45, 7) is 3.48. The quantitative estimate of drug-likeness (QED) is 0.624. The zero-order valence-corrected chi connectivity index (χ0v) is 14.7. The lowest BCUT2D eigenvalue weighted by Gasteiger charge is -2.36. The Labute approximate surface area is 148 Å². The lowest BCUT2D eigenvalue weighted by Crippen LogP contribution is -2.55. The van der Waals surface area contributed by atoms with Crippen molar-refractivity contribution in [1.29, 1.82) is 0 Å². The molecule has 0 fully saturated rings. The molecule has 0 aliphatic carbocycles. The molecule has 2 rings (SSSR count). The average Bonchev–Trinajstić information content (AvgIpc) is 2.89. The van der Waals surface area contributed by atoms with Gasteiger partial charge in [0.2, 0.25) is 5.91 Å². The van der Waals surface area contributed by atoms with E-state index < -0.39 is 5.52 Å². The monoisotopic (exact) mass is 340 g/mol. The first-order chi connectivity index (χ1) is 11.3. The lowest BCUT2D eigenvalue weighted by molar-refractivity contribution is -0.122. The molecule has 1 amide bonds. The Morgan fingerprint density at radius 2 is 2.25 bits per heavy atom. The highest BCUT2D eigenvalue weighted by molar-refractivity contribution is 7.98.